The quantitative estimate of drug-likeness (QED) is 0.916. The van der Waals surface area contributed by atoms with E-state index < -0.39 is 0 Å². The Bertz CT molecular complexity index is 581. The average Bonchev–Trinajstić information content (AvgIpc) is 2.88. The third kappa shape index (κ3) is 3.63. The Balaban J connectivity index is 1.56. The first kappa shape index (κ1) is 14.5. The van der Waals surface area contributed by atoms with E-state index in [9.17, 15) is 0 Å². The van der Waals surface area contributed by atoms with E-state index in [-0.39, 0.29) is 0 Å². The molecule has 0 saturated carbocycles. The summed E-state index contributed by atoms with van der Waals surface area (Å²) in [5, 5.41) is 3.47. The number of pyridine rings is 1. The van der Waals surface area contributed by atoms with Gasteiger partial charge >= 0.3 is 0 Å². The van der Waals surface area contributed by atoms with Gasteiger partial charge in [0.15, 0.2) is 0 Å². The fourth-order valence-corrected chi connectivity index (χ4v) is 3.16. The van der Waals surface area contributed by atoms with E-state index in [1.54, 1.807) is 0 Å². The van der Waals surface area contributed by atoms with Gasteiger partial charge in [0, 0.05) is 18.9 Å². The van der Waals surface area contributed by atoms with E-state index in [2.05, 4.69) is 53.0 Å². The molecule has 0 bridgehead atoms. The highest BCUT2D eigenvalue weighted by molar-refractivity contribution is 5.41. The number of nitrogens with zero attached hydrogens (tertiary/aromatic N) is 3. The average molecular weight is 286 g/mol. The minimum Gasteiger partial charge on any atom is -0.317 e. The van der Waals surface area contributed by atoms with Crippen molar-refractivity contribution in [3.05, 3.63) is 35.8 Å². The van der Waals surface area contributed by atoms with Crippen LogP contribution in [0.15, 0.2) is 24.5 Å². The van der Waals surface area contributed by atoms with Gasteiger partial charge in [0.2, 0.25) is 0 Å². The van der Waals surface area contributed by atoms with E-state index in [1.807, 2.05) is 0 Å². The summed E-state index contributed by atoms with van der Waals surface area (Å²) in [6.45, 7) is 9.94. The Kier molecular flexibility index (Phi) is 4.56. The molecule has 2 aromatic rings. The highest BCUT2D eigenvalue weighted by Crippen LogP contribution is 2.18. The Hall–Kier alpha value is -1.39. The van der Waals surface area contributed by atoms with Crippen molar-refractivity contribution in [1.29, 1.82) is 0 Å². The second-order valence-electron chi connectivity index (χ2n) is 6.23. The van der Waals surface area contributed by atoms with Crippen molar-refractivity contribution < 1.29 is 0 Å². The Morgan fingerprint density at radius 2 is 2.05 bits per heavy atom. The highest BCUT2D eigenvalue weighted by atomic mass is 15.1. The van der Waals surface area contributed by atoms with E-state index in [0.717, 1.165) is 24.7 Å². The lowest BCUT2D eigenvalue weighted by Crippen LogP contribution is -2.36. The Morgan fingerprint density at radius 1 is 1.24 bits per heavy atom. The maximum atomic E-state index is 4.73. The summed E-state index contributed by atoms with van der Waals surface area (Å²) < 4.78 is 2.14. The van der Waals surface area contributed by atoms with Gasteiger partial charge in [0.1, 0.15) is 5.65 Å². The zero-order valence-corrected chi connectivity index (χ0v) is 13.2. The molecule has 0 aromatic carbocycles. The van der Waals surface area contributed by atoms with Crippen LogP contribution in [-0.4, -0.2) is 40.5 Å². The molecule has 4 heteroatoms. The molecule has 0 aliphatic carbocycles. The van der Waals surface area contributed by atoms with Crippen LogP contribution in [0.5, 0.6) is 0 Å². The topological polar surface area (TPSA) is 32.6 Å². The summed E-state index contributed by atoms with van der Waals surface area (Å²) >= 11 is 0. The zero-order chi connectivity index (χ0) is 14.7. The van der Waals surface area contributed by atoms with Crippen molar-refractivity contribution >= 4 is 5.65 Å². The monoisotopic (exact) mass is 286 g/mol. The van der Waals surface area contributed by atoms with E-state index >= 15 is 0 Å². The normalized spacial score (nSPS) is 17.6. The van der Waals surface area contributed by atoms with Gasteiger partial charge in [-0.3, -0.25) is 4.90 Å². The van der Waals surface area contributed by atoms with Crippen LogP contribution >= 0.6 is 0 Å². The minimum atomic E-state index is 0.852. The molecule has 0 radical (unpaired) electrons. The van der Waals surface area contributed by atoms with Gasteiger partial charge in [-0.1, -0.05) is 13.0 Å². The number of piperidine rings is 1. The molecular formula is C17H26N4. The van der Waals surface area contributed by atoms with Gasteiger partial charge in [-0.15, -0.1) is 0 Å². The molecule has 0 spiro atoms. The standard InChI is InChI=1S/C17H26N4/c1-3-18-10-15-6-8-20(9-7-15)12-16-13-21-11-14(2)4-5-17(21)19-16/h4-5,11,13,15,18H,3,6-10,12H2,1-2H3. The predicted molar refractivity (Wildman–Crippen MR) is 86.5 cm³/mol. The number of rotatable bonds is 5. The molecule has 0 amide bonds. The van der Waals surface area contributed by atoms with Crippen molar-refractivity contribution in [2.45, 2.75) is 33.2 Å². The number of imidazole rings is 1. The Morgan fingerprint density at radius 3 is 2.81 bits per heavy atom. The number of likely N-dealkylation sites (tertiary alicyclic amines) is 1. The number of hydrogen-bond donors (Lipinski definition) is 1. The van der Waals surface area contributed by atoms with Crippen molar-refractivity contribution in [2.24, 2.45) is 5.92 Å². The molecule has 21 heavy (non-hydrogen) atoms. The van der Waals surface area contributed by atoms with Crippen LogP contribution in [-0.2, 0) is 6.54 Å². The van der Waals surface area contributed by atoms with E-state index in [1.165, 1.54) is 43.7 Å². The number of fused-ring (bicyclic) bond motifs is 1. The molecule has 1 aliphatic heterocycles. The van der Waals surface area contributed by atoms with Gasteiger partial charge < -0.3 is 9.72 Å². The van der Waals surface area contributed by atoms with Crippen LogP contribution in [0, 0.1) is 12.8 Å². The fourth-order valence-electron chi connectivity index (χ4n) is 3.16. The van der Waals surface area contributed by atoms with Crippen molar-refractivity contribution in [3.8, 4) is 0 Å². The molecule has 2 aromatic heterocycles. The summed E-state index contributed by atoms with van der Waals surface area (Å²) in [7, 11) is 0. The van der Waals surface area contributed by atoms with Crippen LogP contribution < -0.4 is 5.32 Å². The first-order valence-electron chi connectivity index (χ1n) is 8.12. The highest BCUT2D eigenvalue weighted by Gasteiger charge is 2.19. The number of aryl methyl sites for hydroxylation is 1. The van der Waals surface area contributed by atoms with Crippen LogP contribution in [0.4, 0.5) is 0 Å². The maximum Gasteiger partial charge on any atom is 0.137 e. The molecule has 1 N–H and O–H groups in total. The van der Waals surface area contributed by atoms with Gasteiger partial charge in [-0.25, -0.2) is 4.98 Å². The van der Waals surface area contributed by atoms with Crippen molar-refractivity contribution in [3.63, 3.8) is 0 Å². The second-order valence-corrected chi connectivity index (χ2v) is 6.23. The third-order valence-corrected chi connectivity index (χ3v) is 4.42. The van der Waals surface area contributed by atoms with Crippen LogP contribution in [0.2, 0.25) is 0 Å². The second kappa shape index (κ2) is 6.58. The minimum absolute atomic E-state index is 0.852. The summed E-state index contributed by atoms with van der Waals surface area (Å²) in [5.74, 6) is 0.852. The summed E-state index contributed by atoms with van der Waals surface area (Å²) in [5.41, 5.74) is 3.51. The van der Waals surface area contributed by atoms with Crippen LogP contribution in [0.25, 0.3) is 5.65 Å². The summed E-state index contributed by atoms with van der Waals surface area (Å²) in [4.78, 5) is 7.26. The molecule has 0 atom stereocenters. The van der Waals surface area contributed by atoms with Gasteiger partial charge in [0.25, 0.3) is 0 Å². The smallest absolute Gasteiger partial charge is 0.137 e. The van der Waals surface area contributed by atoms with Crippen molar-refractivity contribution in [2.75, 3.05) is 26.2 Å². The molecule has 3 heterocycles. The molecule has 1 fully saturated rings. The molecule has 4 nitrogen and oxygen atoms in total. The lowest BCUT2D eigenvalue weighted by Gasteiger charge is -2.31. The molecule has 3 rings (SSSR count). The van der Waals surface area contributed by atoms with Crippen molar-refractivity contribution in [1.82, 2.24) is 19.6 Å². The zero-order valence-electron chi connectivity index (χ0n) is 13.2. The first-order chi connectivity index (χ1) is 10.2. The number of nitrogens with one attached hydrogen (secondary N) is 1. The summed E-state index contributed by atoms with van der Waals surface area (Å²) in [6.07, 6.45) is 6.93. The predicted octanol–water partition coefficient (Wildman–Crippen LogP) is 2.46. The SMILES string of the molecule is CCNCC1CCN(Cc2cn3cc(C)ccc3n2)CC1. The van der Waals surface area contributed by atoms with Crippen LogP contribution in [0.1, 0.15) is 31.0 Å². The van der Waals surface area contributed by atoms with Gasteiger partial charge in [-0.05, 0) is 63.5 Å². The first-order valence-corrected chi connectivity index (χ1v) is 8.12. The lowest BCUT2D eigenvalue weighted by molar-refractivity contribution is 0.174. The molecule has 1 aliphatic rings. The van der Waals surface area contributed by atoms with E-state index in [0.29, 0.717) is 0 Å². The van der Waals surface area contributed by atoms with Gasteiger partial charge in [0.05, 0.1) is 5.69 Å². The lowest BCUT2D eigenvalue weighted by atomic mass is 9.97. The fraction of sp³-hybridized carbons (Fsp3) is 0.588. The van der Waals surface area contributed by atoms with E-state index in [4.69, 9.17) is 4.98 Å². The largest absolute Gasteiger partial charge is 0.317 e. The van der Waals surface area contributed by atoms with Crippen LogP contribution in [0.3, 0.4) is 0 Å². The number of hydrogen-bond acceptors (Lipinski definition) is 3. The summed E-state index contributed by atoms with van der Waals surface area (Å²) in [6, 6.07) is 4.22. The maximum absolute atomic E-state index is 4.73. The third-order valence-electron chi connectivity index (χ3n) is 4.42. The Labute approximate surface area is 127 Å². The molecule has 1 saturated heterocycles. The number of aromatic nitrogens is 2. The molecular weight excluding hydrogens is 260 g/mol. The molecule has 0 unspecified atom stereocenters. The molecule has 114 valence electrons. The van der Waals surface area contributed by atoms with Gasteiger partial charge in [-0.2, -0.15) is 0 Å².